The van der Waals surface area contributed by atoms with Gasteiger partial charge < -0.3 is 5.32 Å². The number of nitriles is 1. The molecular formula is C18H24N2O. The van der Waals surface area contributed by atoms with E-state index in [2.05, 4.69) is 32.2 Å². The first-order valence-corrected chi connectivity index (χ1v) is 7.71. The summed E-state index contributed by atoms with van der Waals surface area (Å²) in [7, 11) is 0. The van der Waals surface area contributed by atoms with Gasteiger partial charge in [-0.1, -0.05) is 26.8 Å². The zero-order valence-corrected chi connectivity index (χ0v) is 13.1. The van der Waals surface area contributed by atoms with E-state index in [0.29, 0.717) is 16.5 Å². The van der Waals surface area contributed by atoms with Gasteiger partial charge >= 0.3 is 0 Å². The van der Waals surface area contributed by atoms with Crippen molar-refractivity contribution in [3.05, 3.63) is 35.4 Å². The first-order valence-electron chi connectivity index (χ1n) is 7.71. The average Bonchev–Trinajstić information content (AvgIpc) is 2.47. The maximum Gasteiger partial charge on any atom is 0.251 e. The monoisotopic (exact) mass is 284 g/mol. The Kier molecular flexibility index (Phi) is 4.67. The predicted octanol–water partition coefficient (Wildman–Crippen LogP) is 3.89. The minimum absolute atomic E-state index is 0.0636. The van der Waals surface area contributed by atoms with E-state index >= 15 is 0 Å². The second-order valence-electron chi connectivity index (χ2n) is 7.08. The molecule has 0 aromatic heterocycles. The van der Waals surface area contributed by atoms with Crippen LogP contribution in [0.5, 0.6) is 0 Å². The van der Waals surface area contributed by atoms with Gasteiger partial charge in [-0.05, 0) is 55.2 Å². The molecule has 3 heteroatoms. The highest BCUT2D eigenvalue weighted by Gasteiger charge is 2.30. The van der Waals surface area contributed by atoms with Crippen LogP contribution in [0.3, 0.4) is 0 Å². The number of hydrogen-bond donors (Lipinski definition) is 1. The summed E-state index contributed by atoms with van der Waals surface area (Å²) in [6.07, 6.45) is 4.44. The number of rotatable bonds is 2. The van der Waals surface area contributed by atoms with Crippen LogP contribution in [0.25, 0.3) is 0 Å². The second-order valence-corrected chi connectivity index (χ2v) is 7.08. The molecule has 1 aliphatic rings. The quantitative estimate of drug-likeness (QED) is 0.895. The van der Waals surface area contributed by atoms with E-state index in [0.717, 1.165) is 18.8 Å². The SMILES string of the molecule is CC(C)(C)[C@H]1CC[C@H](NC(=O)c2cccc(C#N)c2)CC1. The van der Waals surface area contributed by atoms with Gasteiger partial charge in [-0.15, -0.1) is 0 Å². The highest BCUT2D eigenvalue weighted by atomic mass is 16.1. The van der Waals surface area contributed by atoms with Crippen LogP contribution >= 0.6 is 0 Å². The van der Waals surface area contributed by atoms with Crippen LogP contribution in [0.1, 0.15) is 62.4 Å². The Labute approximate surface area is 127 Å². The van der Waals surface area contributed by atoms with Gasteiger partial charge in [0.2, 0.25) is 0 Å². The molecule has 3 nitrogen and oxygen atoms in total. The van der Waals surface area contributed by atoms with E-state index in [-0.39, 0.29) is 11.9 Å². The topological polar surface area (TPSA) is 52.9 Å². The molecule has 21 heavy (non-hydrogen) atoms. The number of nitrogens with zero attached hydrogens (tertiary/aromatic N) is 1. The van der Waals surface area contributed by atoms with Crippen LogP contribution in [0.4, 0.5) is 0 Å². The third kappa shape index (κ3) is 4.07. The van der Waals surface area contributed by atoms with Gasteiger partial charge in [0, 0.05) is 11.6 Å². The smallest absolute Gasteiger partial charge is 0.251 e. The molecular weight excluding hydrogens is 260 g/mol. The normalized spacial score (nSPS) is 22.4. The lowest BCUT2D eigenvalue weighted by atomic mass is 9.71. The van der Waals surface area contributed by atoms with Crippen LogP contribution < -0.4 is 5.32 Å². The van der Waals surface area contributed by atoms with Crippen molar-refractivity contribution < 1.29 is 4.79 Å². The zero-order chi connectivity index (χ0) is 15.5. The van der Waals surface area contributed by atoms with Gasteiger partial charge in [0.15, 0.2) is 0 Å². The third-order valence-electron chi connectivity index (χ3n) is 4.54. The molecule has 2 rings (SSSR count). The highest BCUT2D eigenvalue weighted by molar-refractivity contribution is 5.94. The van der Waals surface area contributed by atoms with Gasteiger partial charge in [0.25, 0.3) is 5.91 Å². The van der Waals surface area contributed by atoms with Crippen molar-refractivity contribution in [3.8, 4) is 6.07 Å². The molecule has 1 aromatic carbocycles. The number of hydrogen-bond acceptors (Lipinski definition) is 2. The number of carbonyl (C=O) groups is 1. The Hall–Kier alpha value is -1.82. The molecule has 1 aliphatic carbocycles. The fraction of sp³-hybridized carbons (Fsp3) is 0.556. The summed E-state index contributed by atoms with van der Waals surface area (Å²) in [4.78, 5) is 12.2. The molecule has 1 amide bonds. The standard InChI is InChI=1S/C18H24N2O/c1-18(2,3)15-7-9-16(10-8-15)20-17(21)14-6-4-5-13(11-14)12-19/h4-6,11,15-16H,7-10H2,1-3H3,(H,20,21)/t15-,16-. The summed E-state index contributed by atoms with van der Waals surface area (Å²) in [5.74, 6) is 0.680. The van der Waals surface area contributed by atoms with Gasteiger partial charge in [0.05, 0.1) is 11.6 Å². The van der Waals surface area contributed by atoms with E-state index < -0.39 is 0 Å². The molecule has 0 saturated heterocycles. The zero-order valence-electron chi connectivity index (χ0n) is 13.1. The Bertz CT molecular complexity index is 543. The third-order valence-corrected chi connectivity index (χ3v) is 4.54. The van der Waals surface area contributed by atoms with Gasteiger partial charge in [-0.3, -0.25) is 4.79 Å². The number of carbonyl (C=O) groups excluding carboxylic acids is 1. The fourth-order valence-electron chi connectivity index (χ4n) is 3.10. The van der Waals surface area contributed by atoms with Crippen molar-refractivity contribution in [2.45, 2.75) is 52.5 Å². The molecule has 1 fully saturated rings. The maximum atomic E-state index is 12.2. The van der Waals surface area contributed by atoms with E-state index in [1.165, 1.54) is 12.8 Å². The Balaban J connectivity index is 1.91. The first-order chi connectivity index (χ1) is 9.90. The van der Waals surface area contributed by atoms with Crippen molar-refractivity contribution in [2.75, 3.05) is 0 Å². The average molecular weight is 284 g/mol. The molecule has 0 bridgehead atoms. The number of amides is 1. The van der Waals surface area contributed by atoms with Crippen molar-refractivity contribution in [3.63, 3.8) is 0 Å². The van der Waals surface area contributed by atoms with Crippen LogP contribution in [0.2, 0.25) is 0 Å². The lowest BCUT2D eigenvalue weighted by molar-refractivity contribution is 0.0904. The molecule has 1 aromatic rings. The maximum absolute atomic E-state index is 12.2. The molecule has 0 radical (unpaired) electrons. The molecule has 1 saturated carbocycles. The first kappa shape index (κ1) is 15.6. The summed E-state index contributed by atoms with van der Waals surface area (Å²) in [6.45, 7) is 6.89. The van der Waals surface area contributed by atoms with Crippen molar-refractivity contribution in [1.29, 1.82) is 5.26 Å². The molecule has 0 unspecified atom stereocenters. The molecule has 0 aliphatic heterocycles. The molecule has 0 heterocycles. The lowest BCUT2D eigenvalue weighted by Gasteiger charge is -2.37. The summed E-state index contributed by atoms with van der Waals surface area (Å²) < 4.78 is 0. The fourth-order valence-corrected chi connectivity index (χ4v) is 3.10. The summed E-state index contributed by atoms with van der Waals surface area (Å²) in [5, 5.41) is 12.0. The van der Waals surface area contributed by atoms with Gasteiger partial charge in [-0.2, -0.15) is 5.26 Å². The molecule has 1 N–H and O–H groups in total. The Morgan fingerprint density at radius 1 is 1.24 bits per heavy atom. The molecule has 0 atom stereocenters. The Morgan fingerprint density at radius 2 is 1.90 bits per heavy atom. The number of benzene rings is 1. The van der Waals surface area contributed by atoms with E-state index in [1.807, 2.05) is 0 Å². The highest BCUT2D eigenvalue weighted by Crippen LogP contribution is 2.37. The van der Waals surface area contributed by atoms with E-state index in [1.54, 1.807) is 24.3 Å². The van der Waals surface area contributed by atoms with E-state index in [4.69, 9.17) is 5.26 Å². The van der Waals surface area contributed by atoms with Crippen LogP contribution in [-0.2, 0) is 0 Å². The van der Waals surface area contributed by atoms with Crippen molar-refractivity contribution in [2.24, 2.45) is 11.3 Å². The molecule has 112 valence electrons. The van der Waals surface area contributed by atoms with Crippen LogP contribution in [-0.4, -0.2) is 11.9 Å². The van der Waals surface area contributed by atoms with Crippen molar-refractivity contribution in [1.82, 2.24) is 5.32 Å². The summed E-state index contributed by atoms with van der Waals surface area (Å²) in [6, 6.07) is 9.21. The van der Waals surface area contributed by atoms with Gasteiger partial charge in [0.1, 0.15) is 0 Å². The number of nitrogens with one attached hydrogen (secondary N) is 1. The largest absolute Gasteiger partial charge is 0.349 e. The van der Waals surface area contributed by atoms with Crippen LogP contribution in [0, 0.1) is 22.7 Å². The predicted molar refractivity (Wildman–Crippen MR) is 83.8 cm³/mol. The summed E-state index contributed by atoms with van der Waals surface area (Å²) in [5.41, 5.74) is 1.46. The Morgan fingerprint density at radius 3 is 2.48 bits per heavy atom. The van der Waals surface area contributed by atoms with Crippen LogP contribution in [0.15, 0.2) is 24.3 Å². The lowest BCUT2D eigenvalue weighted by Crippen LogP contribution is -2.39. The van der Waals surface area contributed by atoms with Crippen molar-refractivity contribution >= 4 is 5.91 Å². The summed E-state index contributed by atoms with van der Waals surface area (Å²) >= 11 is 0. The van der Waals surface area contributed by atoms with Gasteiger partial charge in [-0.25, -0.2) is 0 Å². The molecule has 0 spiro atoms. The minimum Gasteiger partial charge on any atom is -0.349 e. The minimum atomic E-state index is -0.0636. The second kappa shape index (κ2) is 6.30. The van der Waals surface area contributed by atoms with E-state index in [9.17, 15) is 4.79 Å².